The molecule has 2 aromatic carbocycles. The van der Waals surface area contributed by atoms with Crippen LogP contribution in [0.25, 0.3) is 0 Å². The lowest BCUT2D eigenvalue weighted by atomic mass is 10.1. The molecule has 0 aliphatic heterocycles. The fourth-order valence-corrected chi connectivity index (χ4v) is 2.61. The summed E-state index contributed by atoms with van der Waals surface area (Å²) in [5.74, 6) is 1.78. The average molecular weight is 372 g/mol. The number of rotatable bonds is 7. The van der Waals surface area contributed by atoms with E-state index >= 15 is 0 Å². The van der Waals surface area contributed by atoms with Gasteiger partial charge in [-0.25, -0.2) is 0 Å². The summed E-state index contributed by atoms with van der Waals surface area (Å²) in [5, 5.41) is 3.41. The van der Waals surface area contributed by atoms with E-state index in [1.165, 1.54) is 0 Å². The van der Waals surface area contributed by atoms with Gasteiger partial charge >= 0.3 is 0 Å². The van der Waals surface area contributed by atoms with Crippen LogP contribution in [0, 0.1) is 0 Å². The summed E-state index contributed by atoms with van der Waals surface area (Å²) in [5.41, 5.74) is 1.28. The fraction of sp³-hybridized carbons (Fsp3) is 0.150. The van der Waals surface area contributed by atoms with Crippen molar-refractivity contribution < 1.29 is 18.7 Å². The van der Waals surface area contributed by atoms with E-state index in [1.54, 1.807) is 55.8 Å². The number of hydrogen-bond acceptors (Lipinski definition) is 4. The molecule has 0 aliphatic carbocycles. The summed E-state index contributed by atoms with van der Waals surface area (Å²) in [6.07, 6.45) is 1.57. The highest BCUT2D eigenvalue weighted by Crippen LogP contribution is 2.23. The van der Waals surface area contributed by atoms with E-state index in [1.807, 2.05) is 12.1 Å². The molecule has 1 aromatic heterocycles. The van der Waals surface area contributed by atoms with Gasteiger partial charge in [0.25, 0.3) is 5.91 Å². The minimum absolute atomic E-state index is 0.201. The third-order valence-electron chi connectivity index (χ3n) is 3.74. The van der Waals surface area contributed by atoms with Crippen molar-refractivity contribution in [2.75, 3.05) is 7.11 Å². The SMILES string of the molecule is COc1ccc(C(=O)NCc2ccco2)cc1COc1cccc(Cl)c1. The molecular weight excluding hydrogens is 354 g/mol. The third kappa shape index (κ3) is 4.58. The first kappa shape index (κ1) is 17.9. The van der Waals surface area contributed by atoms with E-state index in [0.29, 0.717) is 34.4 Å². The van der Waals surface area contributed by atoms with Crippen molar-refractivity contribution in [2.45, 2.75) is 13.2 Å². The van der Waals surface area contributed by atoms with Crippen LogP contribution in [0.4, 0.5) is 0 Å². The molecule has 5 nitrogen and oxygen atoms in total. The van der Waals surface area contributed by atoms with E-state index in [-0.39, 0.29) is 12.5 Å². The first-order valence-corrected chi connectivity index (χ1v) is 8.39. The molecule has 0 aliphatic rings. The molecule has 26 heavy (non-hydrogen) atoms. The Kier molecular flexibility index (Phi) is 5.81. The quantitative estimate of drug-likeness (QED) is 0.666. The largest absolute Gasteiger partial charge is 0.496 e. The number of nitrogens with one attached hydrogen (secondary N) is 1. The Labute approximate surface area is 156 Å². The summed E-state index contributed by atoms with van der Waals surface area (Å²) >= 11 is 5.96. The monoisotopic (exact) mass is 371 g/mol. The minimum Gasteiger partial charge on any atom is -0.496 e. The fourth-order valence-electron chi connectivity index (χ4n) is 2.43. The Morgan fingerprint density at radius 2 is 2.04 bits per heavy atom. The van der Waals surface area contributed by atoms with Crippen LogP contribution < -0.4 is 14.8 Å². The van der Waals surface area contributed by atoms with Crippen LogP contribution in [0.3, 0.4) is 0 Å². The second-order valence-corrected chi connectivity index (χ2v) is 5.97. The summed E-state index contributed by atoms with van der Waals surface area (Å²) in [6.45, 7) is 0.578. The van der Waals surface area contributed by atoms with Gasteiger partial charge < -0.3 is 19.2 Å². The van der Waals surface area contributed by atoms with Crippen LogP contribution >= 0.6 is 11.6 Å². The molecule has 1 N–H and O–H groups in total. The lowest BCUT2D eigenvalue weighted by Crippen LogP contribution is -2.22. The first-order valence-electron chi connectivity index (χ1n) is 8.01. The van der Waals surface area contributed by atoms with Crippen LogP contribution in [0.2, 0.25) is 5.02 Å². The van der Waals surface area contributed by atoms with E-state index in [2.05, 4.69) is 5.32 Å². The summed E-state index contributed by atoms with van der Waals surface area (Å²) in [4.78, 5) is 12.4. The van der Waals surface area contributed by atoms with Gasteiger partial charge in [0.05, 0.1) is 19.9 Å². The summed E-state index contributed by atoms with van der Waals surface area (Å²) in [7, 11) is 1.58. The zero-order chi connectivity index (χ0) is 18.4. The zero-order valence-electron chi connectivity index (χ0n) is 14.2. The molecule has 0 fully saturated rings. The lowest BCUT2D eigenvalue weighted by Gasteiger charge is -2.12. The molecule has 0 atom stereocenters. The number of ether oxygens (including phenoxy) is 2. The Bertz CT molecular complexity index is 877. The van der Waals surface area contributed by atoms with Gasteiger partial charge in [-0.3, -0.25) is 4.79 Å². The number of amides is 1. The van der Waals surface area contributed by atoms with Crippen molar-refractivity contribution in [2.24, 2.45) is 0 Å². The number of halogens is 1. The lowest BCUT2D eigenvalue weighted by molar-refractivity contribution is 0.0948. The van der Waals surface area contributed by atoms with E-state index < -0.39 is 0 Å². The average Bonchev–Trinajstić information content (AvgIpc) is 3.18. The summed E-state index contributed by atoms with van der Waals surface area (Å²) < 4.78 is 16.3. The van der Waals surface area contributed by atoms with Crippen molar-refractivity contribution in [1.82, 2.24) is 5.32 Å². The minimum atomic E-state index is -0.201. The number of carbonyl (C=O) groups is 1. The van der Waals surface area contributed by atoms with Crippen LogP contribution in [0.5, 0.6) is 11.5 Å². The molecule has 1 heterocycles. The predicted octanol–water partition coefficient (Wildman–Crippen LogP) is 4.45. The van der Waals surface area contributed by atoms with Crippen LogP contribution in [0.15, 0.2) is 65.3 Å². The standard InChI is InChI=1S/C20H18ClNO4/c1-24-19-8-7-14(20(23)22-12-18-6-3-9-25-18)10-15(19)13-26-17-5-2-4-16(21)11-17/h2-11H,12-13H2,1H3,(H,22,23). The van der Waals surface area contributed by atoms with Crippen LogP contribution in [0.1, 0.15) is 21.7 Å². The topological polar surface area (TPSA) is 60.7 Å². The molecule has 0 radical (unpaired) electrons. The van der Waals surface area contributed by atoms with Gasteiger partial charge in [-0.2, -0.15) is 0 Å². The van der Waals surface area contributed by atoms with Crippen molar-refractivity contribution in [1.29, 1.82) is 0 Å². The van der Waals surface area contributed by atoms with Gasteiger partial charge in [-0.05, 0) is 48.5 Å². The number of carbonyl (C=O) groups excluding carboxylic acids is 1. The molecule has 134 valence electrons. The molecule has 6 heteroatoms. The summed E-state index contributed by atoms with van der Waals surface area (Å²) in [6, 6.07) is 15.9. The molecule has 0 bridgehead atoms. The first-order chi connectivity index (χ1) is 12.7. The highest BCUT2D eigenvalue weighted by Gasteiger charge is 2.11. The third-order valence-corrected chi connectivity index (χ3v) is 3.97. The van der Waals surface area contributed by atoms with Crippen molar-refractivity contribution in [3.8, 4) is 11.5 Å². The van der Waals surface area contributed by atoms with Crippen LogP contribution in [-0.2, 0) is 13.2 Å². The highest BCUT2D eigenvalue weighted by atomic mass is 35.5. The second kappa shape index (κ2) is 8.45. The number of hydrogen-bond donors (Lipinski definition) is 1. The zero-order valence-corrected chi connectivity index (χ0v) is 15.0. The van der Waals surface area contributed by atoms with Gasteiger partial charge in [-0.1, -0.05) is 17.7 Å². The molecule has 0 spiro atoms. The molecule has 0 saturated carbocycles. The van der Waals surface area contributed by atoms with Gasteiger partial charge in [0.1, 0.15) is 23.9 Å². The number of methoxy groups -OCH3 is 1. The maximum Gasteiger partial charge on any atom is 0.251 e. The van der Waals surface area contributed by atoms with E-state index in [0.717, 1.165) is 5.56 Å². The smallest absolute Gasteiger partial charge is 0.251 e. The Balaban J connectivity index is 1.70. The Hall–Kier alpha value is -2.92. The molecule has 1 amide bonds. The Morgan fingerprint density at radius 3 is 2.77 bits per heavy atom. The van der Waals surface area contributed by atoms with E-state index in [9.17, 15) is 4.79 Å². The normalized spacial score (nSPS) is 10.4. The molecular formula is C20H18ClNO4. The van der Waals surface area contributed by atoms with Gasteiger partial charge in [0.2, 0.25) is 0 Å². The van der Waals surface area contributed by atoms with Crippen LogP contribution in [-0.4, -0.2) is 13.0 Å². The molecule has 0 saturated heterocycles. The van der Waals surface area contributed by atoms with E-state index in [4.69, 9.17) is 25.5 Å². The molecule has 3 aromatic rings. The van der Waals surface area contributed by atoms with Crippen molar-refractivity contribution in [3.63, 3.8) is 0 Å². The highest BCUT2D eigenvalue weighted by molar-refractivity contribution is 6.30. The maximum absolute atomic E-state index is 12.4. The van der Waals surface area contributed by atoms with Gasteiger partial charge in [0.15, 0.2) is 0 Å². The molecule has 3 rings (SSSR count). The molecule has 0 unspecified atom stereocenters. The van der Waals surface area contributed by atoms with Gasteiger partial charge in [0, 0.05) is 16.1 Å². The van der Waals surface area contributed by atoms with Gasteiger partial charge in [-0.15, -0.1) is 0 Å². The van der Waals surface area contributed by atoms with Crippen molar-refractivity contribution in [3.05, 3.63) is 82.8 Å². The predicted molar refractivity (Wildman–Crippen MR) is 98.7 cm³/mol. The Morgan fingerprint density at radius 1 is 1.15 bits per heavy atom. The maximum atomic E-state index is 12.4. The number of furan rings is 1. The van der Waals surface area contributed by atoms with Crippen molar-refractivity contribution >= 4 is 17.5 Å². The second-order valence-electron chi connectivity index (χ2n) is 5.53. The number of benzene rings is 2.